The van der Waals surface area contributed by atoms with Gasteiger partial charge in [-0.3, -0.25) is 14.8 Å². The third-order valence-electron chi connectivity index (χ3n) is 4.67. The Morgan fingerprint density at radius 3 is 2.62 bits per heavy atom. The number of nitrogens with one attached hydrogen (secondary N) is 2. The molecule has 1 amide bonds. The number of sulfonamides is 1. The first kappa shape index (κ1) is 26.0. The van der Waals surface area contributed by atoms with E-state index in [1.165, 1.54) is 16.8 Å². The first-order valence-corrected chi connectivity index (χ1v) is 11.7. The van der Waals surface area contributed by atoms with Gasteiger partial charge in [0.1, 0.15) is 12.0 Å². The van der Waals surface area contributed by atoms with E-state index >= 15 is 0 Å². The van der Waals surface area contributed by atoms with Crippen molar-refractivity contribution in [3.8, 4) is 0 Å². The fraction of sp³-hybridized carbons (Fsp3) is 0.474. The van der Waals surface area contributed by atoms with Gasteiger partial charge in [-0.15, -0.1) is 24.0 Å². The van der Waals surface area contributed by atoms with E-state index in [9.17, 15) is 13.2 Å². The van der Waals surface area contributed by atoms with Gasteiger partial charge in [0.25, 0.3) is 5.91 Å². The molecule has 0 saturated carbocycles. The molecule has 1 saturated heterocycles. The van der Waals surface area contributed by atoms with Crippen LogP contribution in [0.2, 0.25) is 0 Å². The summed E-state index contributed by atoms with van der Waals surface area (Å²) in [6, 6.07) is 4.96. The van der Waals surface area contributed by atoms with Crippen molar-refractivity contribution in [2.75, 3.05) is 45.8 Å². The monoisotopic (exact) mass is 577 g/mol. The molecule has 0 atom stereocenters. The topological polar surface area (TPSA) is 133 Å². The second-order valence-corrected chi connectivity index (χ2v) is 8.84. The highest BCUT2D eigenvalue weighted by atomic mass is 127. The van der Waals surface area contributed by atoms with Crippen LogP contribution in [-0.4, -0.2) is 85.4 Å². The van der Waals surface area contributed by atoms with Gasteiger partial charge in [-0.2, -0.15) is 4.31 Å². The highest BCUT2D eigenvalue weighted by Crippen LogP contribution is 2.13. The number of carbonyl (C=O) groups is 1. The van der Waals surface area contributed by atoms with Gasteiger partial charge < -0.3 is 20.1 Å². The molecule has 3 rings (SSSR count). The van der Waals surface area contributed by atoms with Gasteiger partial charge >= 0.3 is 0 Å². The van der Waals surface area contributed by atoms with Crippen LogP contribution in [-0.2, 0) is 15.8 Å². The molecule has 11 nitrogen and oxygen atoms in total. The second kappa shape index (κ2) is 12.7. The van der Waals surface area contributed by atoms with E-state index < -0.39 is 10.0 Å². The van der Waals surface area contributed by atoms with Crippen molar-refractivity contribution in [3.05, 3.63) is 48.1 Å². The lowest BCUT2D eigenvalue weighted by molar-refractivity contribution is 0.0954. The molecule has 1 aliphatic rings. The van der Waals surface area contributed by atoms with Gasteiger partial charge in [0, 0.05) is 57.7 Å². The number of hydrogen-bond donors (Lipinski definition) is 2. The lowest BCUT2D eigenvalue weighted by atomic mass is 10.3. The number of halogens is 1. The molecule has 0 spiro atoms. The van der Waals surface area contributed by atoms with Crippen molar-refractivity contribution < 1.29 is 17.7 Å². The summed E-state index contributed by atoms with van der Waals surface area (Å²) >= 11 is 0. The second-order valence-electron chi connectivity index (χ2n) is 6.87. The van der Waals surface area contributed by atoms with Gasteiger partial charge in [0.05, 0.1) is 17.8 Å². The smallest absolute Gasteiger partial charge is 0.252 e. The highest BCUT2D eigenvalue weighted by Gasteiger charge is 2.28. The molecule has 1 aliphatic heterocycles. The van der Waals surface area contributed by atoms with Crippen LogP contribution in [0.25, 0.3) is 0 Å². The molecule has 0 bridgehead atoms. The van der Waals surface area contributed by atoms with Crippen molar-refractivity contribution in [1.29, 1.82) is 0 Å². The van der Waals surface area contributed by atoms with Crippen LogP contribution in [0, 0.1) is 0 Å². The van der Waals surface area contributed by atoms with E-state index in [1.807, 2.05) is 11.8 Å². The maximum Gasteiger partial charge on any atom is 0.252 e. The number of amides is 1. The predicted octanol–water partition coefficient (Wildman–Crippen LogP) is 0.531. The number of carbonyl (C=O) groups excluding carboxylic acids is 1. The number of guanidine groups is 1. The molecule has 0 aromatic carbocycles. The van der Waals surface area contributed by atoms with E-state index in [-0.39, 0.29) is 35.6 Å². The molecule has 2 N–H and O–H groups in total. The third kappa shape index (κ3) is 7.41. The Morgan fingerprint density at radius 2 is 2.00 bits per heavy atom. The van der Waals surface area contributed by atoms with Gasteiger partial charge in [-0.25, -0.2) is 8.42 Å². The van der Waals surface area contributed by atoms with Crippen molar-refractivity contribution >= 4 is 45.9 Å². The molecule has 1 fully saturated rings. The summed E-state index contributed by atoms with van der Waals surface area (Å²) in [7, 11) is -3.45. The van der Waals surface area contributed by atoms with Crippen molar-refractivity contribution in [2.24, 2.45) is 4.99 Å². The van der Waals surface area contributed by atoms with Crippen molar-refractivity contribution in [2.45, 2.75) is 12.7 Å². The van der Waals surface area contributed by atoms with E-state index in [0.29, 0.717) is 63.0 Å². The lowest BCUT2D eigenvalue weighted by Crippen LogP contribution is -2.54. The van der Waals surface area contributed by atoms with E-state index in [4.69, 9.17) is 4.52 Å². The highest BCUT2D eigenvalue weighted by molar-refractivity contribution is 14.0. The molecule has 0 radical (unpaired) electrons. The summed E-state index contributed by atoms with van der Waals surface area (Å²) < 4.78 is 31.3. The quantitative estimate of drug-likeness (QED) is 0.201. The van der Waals surface area contributed by atoms with Crippen LogP contribution < -0.4 is 10.6 Å². The van der Waals surface area contributed by atoms with Crippen LogP contribution in [0.5, 0.6) is 0 Å². The molecule has 0 unspecified atom stereocenters. The van der Waals surface area contributed by atoms with Gasteiger partial charge in [-0.1, -0.05) is 5.16 Å². The molecule has 2 aromatic heterocycles. The van der Waals surface area contributed by atoms with Crippen LogP contribution >= 0.6 is 24.0 Å². The zero-order valence-electron chi connectivity index (χ0n) is 17.8. The summed E-state index contributed by atoms with van der Waals surface area (Å²) in [6.45, 7) is 5.21. The number of piperazine rings is 1. The van der Waals surface area contributed by atoms with Crippen LogP contribution in [0.15, 0.2) is 46.4 Å². The number of pyridine rings is 1. The minimum atomic E-state index is -3.45. The predicted molar refractivity (Wildman–Crippen MR) is 130 cm³/mol. The number of aliphatic imine (C=N–C) groups is 1. The Balaban J connectivity index is 0.00000363. The van der Waals surface area contributed by atoms with Gasteiger partial charge in [0.15, 0.2) is 5.96 Å². The standard InChI is InChI=1S/C19H27N7O4S.HI/c1-2-21-19(23-8-7-22-18(27)16-4-3-6-20-14-16)25-9-11-26(12-10-25)31(28,29)15-17-5-13-30-24-17;/h3-6,13-14H,2,7-12,15H2,1H3,(H,21,23)(H,22,27);1H. The molecule has 32 heavy (non-hydrogen) atoms. The van der Waals surface area contributed by atoms with E-state index in [1.54, 1.807) is 24.4 Å². The Hall–Kier alpha value is -2.26. The summed E-state index contributed by atoms with van der Waals surface area (Å²) in [4.78, 5) is 22.6. The van der Waals surface area contributed by atoms with Crippen molar-refractivity contribution in [3.63, 3.8) is 0 Å². The third-order valence-corrected chi connectivity index (χ3v) is 6.48. The number of nitrogens with zero attached hydrogens (tertiary/aromatic N) is 5. The molecule has 176 valence electrons. The summed E-state index contributed by atoms with van der Waals surface area (Å²) in [5.41, 5.74) is 0.895. The van der Waals surface area contributed by atoms with Gasteiger partial charge in [0.2, 0.25) is 10.0 Å². The molecule has 13 heteroatoms. The Kier molecular flexibility index (Phi) is 10.3. The zero-order valence-corrected chi connectivity index (χ0v) is 21.0. The number of aromatic nitrogens is 2. The first-order chi connectivity index (χ1) is 15.0. The van der Waals surface area contributed by atoms with E-state index in [0.717, 1.165) is 0 Å². The SMILES string of the molecule is CCNC(=NCCNC(=O)c1cccnc1)N1CCN(S(=O)(=O)Cc2ccon2)CC1.I. The average Bonchev–Trinajstić information content (AvgIpc) is 3.29. The molecule has 3 heterocycles. The van der Waals surface area contributed by atoms with Gasteiger partial charge in [-0.05, 0) is 19.1 Å². The van der Waals surface area contributed by atoms with Crippen LogP contribution in [0.3, 0.4) is 0 Å². The average molecular weight is 577 g/mol. The number of hydrogen-bond acceptors (Lipinski definition) is 7. The van der Waals surface area contributed by atoms with Crippen LogP contribution in [0.4, 0.5) is 0 Å². The Bertz CT molecular complexity index is 963. The number of rotatable bonds is 8. The molecule has 0 aliphatic carbocycles. The minimum Gasteiger partial charge on any atom is -0.364 e. The Morgan fingerprint density at radius 1 is 1.22 bits per heavy atom. The van der Waals surface area contributed by atoms with Crippen LogP contribution in [0.1, 0.15) is 23.0 Å². The maximum atomic E-state index is 12.6. The summed E-state index contributed by atoms with van der Waals surface area (Å²) in [5, 5.41) is 9.72. The zero-order chi connectivity index (χ0) is 22.1. The lowest BCUT2D eigenvalue weighted by Gasteiger charge is -2.35. The molecular formula is C19H28IN7O4S. The molecular weight excluding hydrogens is 549 g/mol. The minimum absolute atomic E-state index is 0. The fourth-order valence-corrected chi connectivity index (χ4v) is 4.55. The molecule has 2 aromatic rings. The normalized spacial score (nSPS) is 15.2. The van der Waals surface area contributed by atoms with Crippen molar-refractivity contribution in [1.82, 2.24) is 30.0 Å². The summed E-state index contributed by atoms with van der Waals surface area (Å²) in [5.74, 6) is 0.333. The Labute approximate surface area is 204 Å². The van der Waals surface area contributed by atoms with E-state index in [2.05, 4.69) is 25.8 Å². The maximum absolute atomic E-state index is 12.6. The fourth-order valence-electron chi connectivity index (χ4n) is 3.12. The first-order valence-electron chi connectivity index (χ1n) is 10.1. The summed E-state index contributed by atoms with van der Waals surface area (Å²) in [6.07, 6.45) is 4.49. The largest absolute Gasteiger partial charge is 0.364 e.